The van der Waals surface area contributed by atoms with Crippen molar-refractivity contribution in [2.75, 3.05) is 13.1 Å². The maximum atomic E-state index is 12.5. The van der Waals surface area contributed by atoms with Gasteiger partial charge in [0.05, 0.1) is 5.56 Å². The first-order chi connectivity index (χ1) is 8.33. The van der Waals surface area contributed by atoms with Crippen molar-refractivity contribution in [3.8, 4) is 0 Å². The lowest BCUT2D eigenvalue weighted by atomic mass is 9.68. The molecule has 0 bridgehead atoms. The average Bonchev–Trinajstić information content (AvgIpc) is 2.22. The summed E-state index contributed by atoms with van der Waals surface area (Å²) in [6.07, 6.45) is -3.40. The van der Waals surface area contributed by atoms with Gasteiger partial charge in [0.1, 0.15) is 0 Å². The van der Waals surface area contributed by atoms with Gasteiger partial charge >= 0.3 is 6.18 Å². The van der Waals surface area contributed by atoms with Gasteiger partial charge in [0.25, 0.3) is 0 Å². The van der Waals surface area contributed by atoms with E-state index in [9.17, 15) is 13.2 Å². The molecular weight excluding hydrogens is 239 g/mol. The van der Waals surface area contributed by atoms with E-state index in [1.807, 2.05) is 0 Å². The summed E-state index contributed by atoms with van der Waals surface area (Å²) in [7, 11) is 0. The highest BCUT2D eigenvalue weighted by atomic mass is 19.4. The molecule has 1 fully saturated rings. The van der Waals surface area contributed by atoms with Crippen LogP contribution in [0.25, 0.3) is 0 Å². The van der Waals surface area contributed by atoms with Crippen LogP contribution in [0.1, 0.15) is 25.0 Å². The third kappa shape index (κ3) is 2.53. The van der Waals surface area contributed by atoms with E-state index in [0.717, 1.165) is 25.1 Å². The van der Waals surface area contributed by atoms with Gasteiger partial charge in [0.2, 0.25) is 0 Å². The molecular formula is C14H18F3N. The van der Waals surface area contributed by atoms with Crippen molar-refractivity contribution < 1.29 is 13.2 Å². The van der Waals surface area contributed by atoms with Crippen LogP contribution in [0, 0.1) is 11.3 Å². The molecule has 0 spiro atoms. The zero-order valence-electron chi connectivity index (χ0n) is 10.6. The topological polar surface area (TPSA) is 12.0 Å². The normalized spacial score (nSPS) is 18.8. The number of benzene rings is 1. The van der Waals surface area contributed by atoms with Crippen LogP contribution in [0.4, 0.5) is 13.2 Å². The van der Waals surface area contributed by atoms with Gasteiger partial charge < -0.3 is 5.32 Å². The van der Waals surface area contributed by atoms with Crippen LogP contribution in [-0.4, -0.2) is 13.1 Å². The Morgan fingerprint density at radius 2 is 1.72 bits per heavy atom. The molecule has 1 aromatic rings. The van der Waals surface area contributed by atoms with E-state index >= 15 is 0 Å². The van der Waals surface area contributed by atoms with Crippen molar-refractivity contribution in [2.24, 2.45) is 11.3 Å². The summed E-state index contributed by atoms with van der Waals surface area (Å²) in [5, 5.41) is 3.26. The van der Waals surface area contributed by atoms with Crippen molar-refractivity contribution in [3.05, 3.63) is 35.4 Å². The van der Waals surface area contributed by atoms with E-state index < -0.39 is 11.7 Å². The average molecular weight is 257 g/mol. The number of nitrogens with one attached hydrogen (secondary N) is 1. The lowest BCUT2D eigenvalue weighted by molar-refractivity contribution is -0.137. The second-order valence-corrected chi connectivity index (χ2v) is 5.49. The molecule has 0 atom stereocenters. The number of alkyl halides is 3. The Labute approximate surface area is 105 Å². The Balaban J connectivity index is 2.11. The van der Waals surface area contributed by atoms with Crippen LogP contribution in [0.3, 0.4) is 0 Å². The van der Waals surface area contributed by atoms with Gasteiger partial charge in [0.15, 0.2) is 0 Å². The molecule has 1 heterocycles. The van der Waals surface area contributed by atoms with E-state index in [4.69, 9.17) is 0 Å². The predicted octanol–water partition coefficient (Wildman–Crippen LogP) is 3.49. The molecule has 0 aliphatic carbocycles. The Morgan fingerprint density at radius 3 is 2.06 bits per heavy atom. The first kappa shape index (κ1) is 13.4. The van der Waals surface area contributed by atoms with E-state index in [1.54, 1.807) is 12.1 Å². The smallest absolute Gasteiger partial charge is 0.315 e. The summed E-state index contributed by atoms with van der Waals surface area (Å²) >= 11 is 0. The van der Waals surface area contributed by atoms with Crippen LogP contribution in [0.5, 0.6) is 0 Å². The standard InChI is InChI=1S/C14H18F3N/c1-10(2)13(8-18-9-13)7-11-3-5-12(6-4-11)14(15,16)17/h3-6,10,18H,7-9H2,1-2H3. The van der Waals surface area contributed by atoms with E-state index in [0.29, 0.717) is 5.92 Å². The Hall–Kier alpha value is -1.03. The van der Waals surface area contributed by atoms with Gasteiger partial charge in [-0.1, -0.05) is 26.0 Å². The maximum Gasteiger partial charge on any atom is 0.416 e. The van der Waals surface area contributed by atoms with Gasteiger partial charge in [-0.15, -0.1) is 0 Å². The summed E-state index contributed by atoms with van der Waals surface area (Å²) in [6, 6.07) is 5.56. The Morgan fingerprint density at radius 1 is 1.17 bits per heavy atom. The molecule has 4 heteroatoms. The number of hydrogen-bond acceptors (Lipinski definition) is 1. The van der Waals surface area contributed by atoms with Gasteiger partial charge in [0, 0.05) is 18.5 Å². The summed E-state index contributed by atoms with van der Waals surface area (Å²) in [6.45, 7) is 6.24. The summed E-state index contributed by atoms with van der Waals surface area (Å²) in [5.74, 6) is 0.529. The maximum absolute atomic E-state index is 12.5. The molecule has 1 aliphatic heterocycles. The van der Waals surface area contributed by atoms with Crippen LogP contribution < -0.4 is 5.32 Å². The van der Waals surface area contributed by atoms with Crippen LogP contribution in [-0.2, 0) is 12.6 Å². The fraction of sp³-hybridized carbons (Fsp3) is 0.571. The zero-order chi connectivity index (χ0) is 13.4. The van der Waals surface area contributed by atoms with Crippen molar-refractivity contribution >= 4 is 0 Å². The quantitative estimate of drug-likeness (QED) is 0.874. The third-order valence-electron chi connectivity index (χ3n) is 4.02. The van der Waals surface area contributed by atoms with E-state index in [-0.39, 0.29) is 5.41 Å². The van der Waals surface area contributed by atoms with Crippen molar-refractivity contribution in [1.29, 1.82) is 0 Å². The molecule has 0 aromatic heterocycles. The molecule has 0 unspecified atom stereocenters. The number of hydrogen-bond donors (Lipinski definition) is 1. The Bertz CT molecular complexity index is 402. The van der Waals surface area contributed by atoms with Gasteiger partial charge in [-0.25, -0.2) is 0 Å². The van der Waals surface area contributed by atoms with Crippen molar-refractivity contribution in [3.63, 3.8) is 0 Å². The monoisotopic (exact) mass is 257 g/mol. The summed E-state index contributed by atoms with van der Waals surface area (Å²) < 4.78 is 37.4. The molecule has 1 saturated heterocycles. The first-order valence-electron chi connectivity index (χ1n) is 6.20. The van der Waals surface area contributed by atoms with Crippen molar-refractivity contribution in [2.45, 2.75) is 26.4 Å². The molecule has 1 aromatic carbocycles. The van der Waals surface area contributed by atoms with Crippen molar-refractivity contribution in [1.82, 2.24) is 5.32 Å². The van der Waals surface area contributed by atoms with Gasteiger partial charge in [-0.2, -0.15) is 13.2 Å². The molecule has 0 saturated carbocycles. The van der Waals surface area contributed by atoms with Crippen LogP contribution in [0.2, 0.25) is 0 Å². The molecule has 100 valence electrons. The highest BCUT2D eigenvalue weighted by Gasteiger charge is 2.39. The first-order valence-corrected chi connectivity index (χ1v) is 6.20. The SMILES string of the molecule is CC(C)C1(Cc2ccc(C(F)(F)F)cc2)CNC1. The lowest BCUT2D eigenvalue weighted by Crippen LogP contribution is -2.57. The summed E-state index contributed by atoms with van der Waals surface area (Å²) in [4.78, 5) is 0. The second kappa shape index (κ2) is 4.57. The molecule has 1 nitrogen and oxygen atoms in total. The molecule has 0 radical (unpaired) electrons. The van der Waals surface area contributed by atoms with Gasteiger partial charge in [-0.05, 0) is 30.0 Å². The lowest BCUT2D eigenvalue weighted by Gasteiger charge is -2.46. The minimum atomic E-state index is -4.24. The molecule has 1 N–H and O–H groups in total. The Kier molecular flexibility index (Phi) is 3.41. The molecule has 18 heavy (non-hydrogen) atoms. The highest BCUT2D eigenvalue weighted by molar-refractivity contribution is 5.26. The predicted molar refractivity (Wildman–Crippen MR) is 65.3 cm³/mol. The number of halogens is 3. The van der Waals surface area contributed by atoms with Crippen LogP contribution >= 0.6 is 0 Å². The minimum Gasteiger partial charge on any atom is -0.315 e. The van der Waals surface area contributed by atoms with Crippen LogP contribution in [0.15, 0.2) is 24.3 Å². The largest absolute Gasteiger partial charge is 0.416 e. The third-order valence-corrected chi connectivity index (χ3v) is 4.02. The molecule has 1 aliphatic rings. The molecule has 0 amide bonds. The van der Waals surface area contributed by atoms with E-state index in [1.165, 1.54) is 12.1 Å². The zero-order valence-corrected chi connectivity index (χ0v) is 10.6. The fourth-order valence-corrected chi connectivity index (χ4v) is 2.40. The number of rotatable bonds is 3. The highest BCUT2D eigenvalue weighted by Crippen LogP contribution is 2.36. The molecule has 2 rings (SSSR count). The van der Waals surface area contributed by atoms with E-state index in [2.05, 4.69) is 19.2 Å². The second-order valence-electron chi connectivity index (χ2n) is 5.49. The fourth-order valence-electron chi connectivity index (χ4n) is 2.40. The minimum absolute atomic E-state index is 0.208. The van der Waals surface area contributed by atoms with Gasteiger partial charge in [-0.3, -0.25) is 0 Å². The summed E-state index contributed by atoms with van der Waals surface area (Å²) in [5.41, 5.74) is 0.620.